The summed E-state index contributed by atoms with van der Waals surface area (Å²) in [4.78, 5) is 11.7. The summed E-state index contributed by atoms with van der Waals surface area (Å²) < 4.78 is 5.14. The molecule has 0 amide bonds. The lowest BCUT2D eigenvalue weighted by atomic mass is 10.2. The average Bonchev–Trinajstić information content (AvgIpc) is 2.37. The Hall–Kier alpha value is -1.77. The van der Waals surface area contributed by atoms with Gasteiger partial charge in [0.15, 0.2) is 0 Å². The number of nitrogens with one attached hydrogen (secondary N) is 1. The fraction of sp³-hybridized carbons (Fsp3) is 0.357. The first kappa shape index (κ1) is 13.3. The fourth-order valence-electron chi connectivity index (χ4n) is 1.34. The highest BCUT2D eigenvalue weighted by Crippen LogP contribution is 2.11. The third-order valence-corrected chi connectivity index (χ3v) is 2.28. The second-order valence-corrected chi connectivity index (χ2v) is 3.74. The van der Waals surface area contributed by atoms with Crippen LogP contribution in [0.15, 0.2) is 36.9 Å². The molecule has 0 radical (unpaired) electrons. The summed E-state index contributed by atoms with van der Waals surface area (Å²) in [5, 5.41) is 3.13. The van der Waals surface area contributed by atoms with Gasteiger partial charge in [-0.1, -0.05) is 25.5 Å². The molecule has 0 saturated heterocycles. The van der Waals surface area contributed by atoms with E-state index in [0.717, 1.165) is 18.5 Å². The summed E-state index contributed by atoms with van der Waals surface area (Å²) in [6.45, 7) is 6.85. The first-order valence-corrected chi connectivity index (χ1v) is 5.90. The lowest BCUT2D eigenvalue weighted by Gasteiger charge is -2.07. The highest BCUT2D eigenvalue weighted by Gasteiger charge is 2.06. The van der Waals surface area contributed by atoms with Crippen molar-refractivity contribution in [2.75, 3.05) is 18.5 Å². The monoisotopic (exact) mass is 233 g/mol. The Labute approximate surface area is 102 Å². The Morgan fingerprint density at radius 3 is 3.06 bits per heavy atom. The molecule has 1 aromatic carbocycles. The number of hydrogen-bond acceptors (Lipinski definition) is 3. The van der Waals surface area contributed by atoms with Gasteiger partial charge < -0.3 is 10.1 Å². The summed E-state index contributed by atoms with van der Waals surface area (Å²) >= 11 is 0. The second-order valence-electron chi connectivity index (χ2n) is 3.74. The Morgan fingerprint density at radius 2 is 2.35 bits per heavy atom. The molecule has 0 spiro atoms. The molecule has 0 bridgehead atoms. The van der Waals surface area contributed by atoms with Gasteiger partial charge in [0.1, 0.15) is 0 Å². The number of rotatable bonds is 7. The second kappa shape index (κ2) is 7.49. The summed E-state index contributed by atoms with van der Waals surface area (Å²) in [7, 11) is 0. The van der Waals surface area contributed by atoms with Gasteiger partial charge >= 0.3 is 5.97 Å². The minimum atomic E-state index is -0.263. The zero-order chi connectivity index (χ0) is 12.5. The van der Waals surface area contributed by atoms with E-state index < -0.39 is 0 Å². The zero-order valence-corrected chi connectivity index (χ0v) is 10.2. The maximum Gasteiger partial charge on any atom is 0.338 e. The fourth-order valence-corrected chi connectivity index (χ4v) is 1.34. The van der Waals surface area contributed by atoms with Crippen molar-refractivity contribution in [3.63, 3.8) is 0 Å². The lowest BCUT2D eigenvalue weighted by Crippen LogP contribution is -2.07. The molecular formula is C14H19NO2. The summed E-state index contributed by atoms with van der Waals surface area (Å²) in [5.74, 6) is -0.263. The van der Waals surface area contributed by atoms with Crippen molar-refractivity contribution in [2.24, 2.45) is 0 Å². The molecule has 0 heterocycles. The molecule has 0 aromatic heterocycles. The highest BCUT2D eigenvalue weighted by molar-refractivity contribution is 5.90. The van der Waals surface area contributed by atoms with Gasteiger partial charge in [-0.3, -0.25) is 0 Å². The SMILES string of the molecule is C=CCNc1cccc(C(=O)OCCCC)c1. The molecule has 1 rings (SSSR count). The number of benzene rings is 1. The highest BCUT2D eigenvalue weighted by atomic mass is 16.5. The van der Waals surface area contributed by atoms with E-state index >= 15 is 0 Å². The smallest absolute Gasteiger partial charge is 0.338 e. The van der Waals surface area contributed by atoms with Gasteiger partial charge in [-0.15, -0.1) is 6.58 Å². The van der Waals surface area contributed by atoms with E-state index in [1.54, 1.807) is 18.2 Å². The molecule has 0 fully saturated rings. The largest absolute Gasteiger partial charge is 0.462 e. The Bertz CT molecular complexity index is 374. The number of anilines is 1. The van der Waals surface area contributed by atoms with Crippen LogP contribution < -0.4 is 5.32 Å². The predicted octanol–water partition coefficient (Wildman–Crippen LogP) is 3.24. The molecular weight excluding hydrogens is 214 g/mol. The van der Waals surface area contributed by atoms with E-state index in [2.05, 4.69) is 18.8 Å². The van der Waals surface area contributed by atoms with Gasteiger partial charge in [0.25, 0.3) is 0 Å². The van der Waals surface area contributed by atoms with Gasteiger partial charge in [-0.05, 0) is 24.6 Å². The minimum absolute atomic E-state index is 0.263. The van der Waals surface area contributed by atoms with Crippen LogP contribution in [0.3, 0.4) is 0 Å². The third kappa shape index (κ3) is 4.72. The van der Waals surface area contributed by atoms with Crippen LogP contribution in [0.2, 0.25) is 0 Å². The van der Waals surface area contributed by atoms with Gasteiger partial charge in [0, 0.05) is 12.2 Å². The van der Waals surface area contributed by atoms with Crippen LogP contribution in [0.5, 0.6) is 0 Å². The number of hydrogen-bond donors (Lipinski definition) is 1. The summed E-state index contributed by atoms with van der Waals surface area (Å²) in [6, 6.07) is 7.29. The summed E-state index contributed by atoms with van der Waals surface area (Å²) in [6.07, 6.45) is 3.70. The van der Waals surface area contributed by atoms with Crippen LogP contribution in [0, 0.1) is 0 Å². The van der Waals surface area contributed by atoms with E-state index in [4.69, 9.17) is 4.74 Å². The van der Waals surface area contributed by atoms with E-state index in [0.29, 0.717) is 18.7 Å². The van der Waals surface area contributed by atoms with Crippen molar-refractivity contribution in [3.05, 3.63) is 42.5 Å². The van der Waals surface area contributed by atoms with Crippen molar-refractivity contribution >= 4 is 11.7 Å². The van der Waals surface area contributed by atoms with Crippen LogP contribution >= 0.6 is 0 Å². The van der Waals surface area contributed by atoms with Gasteiger partial charge in [-0.25, -0.2) is 4.79 Å². The predicted molar refractivity (Wildman–Crippen MR) is 70.3 cm³/mol. The molecule has 0 saturated carbocycles. The lowest BCUT2D eigenvalue weighted by molar-refractivity contribution is 0.0500. The molecule has 0 aliphatic carbocycles. The van der Waals surface area contributed by atoms with Crippen LogP contribution in [-0.2, 0) is 4.74 Å². The maximum absolute atomic E-state index is 11.7. The van der Waals surface area contributed by atoms with Crippen molar-refractivity contribution < 1.29 is 9.53 Å². The van der Waals surface area contributed by atoms with Gasteiger partial charge in [0.05, 0.1) is 12.2 Å². The van der Waals surface area contributed by atoms with Gasteiger partial charge in [0.2, 0.25) is 0 Å². The first-order chi connectivity index (χ1) is 8.27. The van der Waals surface area contributed by atoms with E-state index in [1.807, 2.05) is 12.1 Å². The van der Waals surface area contributed by atoms with E-state index in [9.17, 15) is 4.79 Å². The normalized spacial score (nSPS) is 9.71. The molecule has 0 atom stereocenters. The standard InChI is InChI=1S/C14H19NO2/c1-3-5-10-17-14(16)12-7-6-8-13(11-12)15-9-4-2/h4,6-8,11,15H,2-3,5,9-10H2,1H3. The van der Waals surface area contributed by atoms with E-state index in [-0.39, 0.29) is 5.97 Å². The first-order valence-electron chi connectivity index (χ1n) is 5.90. The van der Waals surface area contributed by atoms with E-state index in [1.165, 1.54) is 0 Å². The van der Waals surface area contributed by atoms with Gasteiger partial charge in [-0.2, -0.15) is 0 Å². The van der Waals surface area contributed by atoms with Crippen molar-refractivity contribution in [1.82, 2.24) is 0 Å². The molecule has 3 nitrogen and oxygen atoms in total. The molecule has 1 aromatic rings. The number of esters is 1. The van der Waals surface area contributed by atoms with Crippen LogP contribution in [-0.4, -0.2) is 19.1 Å². The molecule has 0 unspecified atom stereocenters. The quantitative estimate of drug-likeness (QED) is 0.446. The molecule has 0 aliphatic rings. The van der Waals surface area contributed by atoms with Crippen molar-refractivity contribution in [3.8, 4) is 0 Å². The van der Waals surface area contributed by atoms with Crippen LogP contribution in [0.25, 0.3) is 0 Å². The summed E-state index contributed by atoms with van der Waals surface area (Å²) in [5.41, 5.74) is 1.48. The minimum Gasteiger partial charge on any atom is -0.462 e. The molecule has 92 valence electrons. The Balaban J connectivity index is 2.57. The molecule has 17 heavy (non-hydrogen) atoms. The topological polar surface area (TPSA) is 38.3 Å². The molecule has 3 heteroatoms. The maximum atomic E-state index is 11.7. The third-order valence-electron chi connectivity index (χ3n) is 2.28. The van der Waals surface area contributed by atoms with Crippen LogP contribution in [0.1, 0.15) is 30.1 Å². The Morgan fingerprint density at radius 1 is 1.53 bits per heavy atom. The number of ether oxygens (including phenoxy) is 1. The molecule has 1 N–H and O–H groups in total. The molecule has 0 aliphatic heterocycles. The average molecular weight is 233 g/mol. The Kier molecular flexibility index (Phi) is 5.86. The zero-order valence-electron chi connectivity index (χ0n) is 10.2. The van der Waals surface area contributed by atoms with Crippen LogP contribution in [0.4, 0.5) is 5.69 Å². The number of unbranched alkanes of at least 4 members (excludes halogenated alkanes) is 1. The van der Waals surface area contributed by atoms with Crippen molar-refractivity contribution in [1.29, 1.82) is 0 Å². The number of carbonyl (C=O) groups excluding carboxylic acids is 1. The number of carbonyl (C=O) groups is 1. The van der Waals surface area contributed by atoms with Crippen molar-refractivity contribution in [2.45, 2.75) is 19.8 Å².